The minimum Gasteiger partial charge on any atom is -0.383 e. The van der Waals surface area contributed by atoms with Crippen molar-refractivity contribution in [3.05, 3.63) is 59.8 Å². The Bertz CT molecular complexity index is 1210. The van der Waals surface area contributed by atoms with Crippen LogP contribution >= 0.6 is 0 Å². The lowest BCUT2D eigenvalue weighted by Crippen LogP contribution is -2.43. The molecule has 1 aliphatic carbocycles. The van der Waals surface area contributed by atoms with E-state index < -0.39 is 10.0 Å². The normalized spacial score (nSPS) is 18.9. The number of aromatic nitrogens is 1. The van der Waals surface area contributed by atoms with Gasteiger partial charge in [0, 0.05) is 24.7 Å². The van der Waals surface area contributed by atoms with Crippen molar-refractivity contribution in [3.8, 4) is 11.1 Å². The van der Waals surface area contributed by atoms with Gasteiger partial charge in [-0.25, -0.2) is 17.7 Å². The standard InChI is InChI=1S/C23H25N3O2S/c1-29(27,28)26-13-10-23(11-14-26)9-7-17-15-16(5-6-21(17)23)18-3-2-4-20-19(18)8-12-25-22(20)24/h2-6,8,12,15H,7,9-11,13-14H2,1H3,(H2,24,25). The molecule has 1 aliphatic heterocycles. The Labute approximate surface area is 171 Å². The van der Waals surface area contributed by atoms with Crippen molar-refractivity contribution in [1.29, 1.82) is 0 Å². The Hall–Kier alpha value is -2.44. The number of benzene rings is 2. The molecule has 0 bridgehead atoms. The summed E-state index contributed by atoms with van der Waals surface area (Å²) in [6.45, 7) is 1.24. The molecule has 2 heterocycles. The van der Waals surface area contributed by atoms with Crippen LogP contribution in [0.5, 0.6) is 0 Å². The molecule has 2 aromatic carbocycles. The molecular formula is C23H25N3O2S. The number of pyridine rings is 1. The number of fused-ring (bicyclic) bond motifs is 3. The van der Waals surface area contributed by atoms with Crippen LogP contribution in [0.15, 0.2) is 48.7 Å². The maximum absolute atomic E-state index is 11.9. The summed E-state index contributed by atoms with van der Waals surface area (Å²) in [6, 6.07) is 15.0. The molecule has 0 radical (unpaired) electrons. The van der Waals surface area contributed by atoms with Gasteiger partial charge in [-0.05, 0) is 64.8 Å². The third-order valence-electron chi connectivity index (χ3n) is 6.85. The Morgan fingerprint density at radius 3 is 2.59 bits per heavy atom. The van der Waals surface area contributed by atoms with E-state index in [-0.39, 0.29) is 5.41 Å². The van der Waals surface area contributed by atoms with E-state index in [1.54, 1.807) is 10.5 Å². The summed E-state index contributed by atoms with van der Waals surface area (Å²) < 4.78 is 25.4. The summed E-state index contributed by atoms with van der Waals surface area (Å²) in [5.74, 6) is 0.557. The molecule has 3 aromatic rings. The lowest BCUT2D eigenvalue weighted by Gasteiger charge is -2.39. The van der Waals surface area contributed by atoms with Gasteiger partial charge in [-0.2, -0.15) is 0 Å². The third kappa shape index (κ3) is 3.02. The van der Waals surface area contributed by atoms with E-state index in [2.05, 4.69) is 29.2 Å². The first-order valence-electron chi connectivity index (χ1n) is 10.1. The number of nitrogens with zero attached hydrogens (tertiary/aromatic N) is 2. The van der Waals surface area contributed by atoms with Gasteiger partial charge in [0.25, 0.3) is 0 Å². The van der Waals surface area contributed by atoms with Crippen LogP contribution in [0.1, 0.15) is 30.4 Å². The van der Waals surface area contributed by atoms with Crippen LogP contribution in [-0.4, -0.2) is 37.1 Å². The number of piperidine rings is 1. The van der Waals surface area contributed by atoms with E-state index in [0.717, 1.165) is 36.5 Å². The molecule has 0 atom stereocenters. The zero-order valence-corrected chi connectivity index (χ0v) is 17.4. The average Bonchev–Trinajstić information content (AvgIpc) is 3.05. The highest BCUT2D eigenvalue weighted by Gasteiger charge is 2.42. The monoisotopic (exact) mass is 407 g/mol. The molecule has 5 rings (SSSR count). The van der Waals surface area contributed by atoms with Crippen molar-refractivity contribution < 1.29 is 8.42 Å². The molecule has 1 saturated heterocycles. The molecule has 0 unspecified atom stereocenters. The topological polar surface area (TPSA) is 76.3 Å². The van der Waals surface area contributed by atoms with Crippen LogP contribution in [0, 0.1) is 0 Å². The molecule has 0 amide bonds. The predicted molar refractivity (Wildman–Crippen MR) is 117 cm³/mol. The van der Waals surface area contributed by atoms with Crippen LogP contribution in [-0.2, 0) is 21.9 Å². The molecule has 5 nitrogen and oxygen atoms in total. The molecule has 2 aliphatic rings. The zero-order valence-electron chi connectivity index (χ0n) is 16.6. The van der Waals surface area contributed by atoms with Crippen molar-refractivity contribution in [2.24, 2.45) is 0 Å². The van der Waals surface area contributed by atoms with E-state index >= 15 is 0 Å². The van der Waals surface area contributed by atoms with Crippen LogP contribution in [0.4, 0.5) is 5.82 Å². The molecular weight excluding hydrogens is 382 g/mol. The number of sulfonamides is 1. The van der Waals surface area contributed by atoms with Crippen LogP contribution in [0.2, 0.25) is 0 Å². The first-order chi connectivity index (χ1) is 13.9. The van der Waals surface area contributed by atoms with Gasteiger partial charge in [0.1, 0.15) is 5.82 Å². The maximum Gasteiger partial charge on any atom is 0.211 e. The Balaban J connectivity index is 1.51. The number of hydrogen-bond donors (Lipinski definition) is 1. The number of rotatable bonds is 2. The van der Waals surface area contributed by atoms with E-state index in [0.29, 0.717) is 18.9 Å². The second kappa shape index (κ2) is 6.54. The molecule has 1 fully saturated rings. The Kier molecular flexibility index (Phi) is 4.19. The fraction of sp³-hybridized carbons (Fsp3) is 0.348. The summed E-state index contributed by atoms with van der Waals surface area (Å²) in [7, 11) is -3.10. The summed E-state index contributed by atoms with van der Waals surface area (Å²) in [5, 5.41) is 2.10. The summed E-state index contributed by atoms with van der Waals surface area (Å²) in [4.78, 5) is 4.21. The van der Waals surface area contributed by atoms with Gasteiger partial charge in [-0.3, -0.25) is 0 Å². The Morgan fingerprint density at radius 2 is 1.83 bits per heavy atom. The van der Waals surface area contributed by atoms with Gasteiger partial charge < -0.3 is 5.73 Å². The van der Waals surface area contributed by atoms with Crippen molar-refractivity contribution >= 4 is 26.6 Å². The van der Waals surface area contributed by atoms with Gasteiger partial charge in [0.05, 0.1) is 6.26 Å². The van der Waals surface area contributed by atoms with Gasteiger partial charge in [-0.1, -0.05) is 36.4 Å². The van der Waals surface area contributed by atoms with Crippen molar-refractivity contribution in [3.63, 3.8) is 0 Å². The number of anilines is 1. The van der Waals surface area contributed by atoms with E-state index in [1.807, 2.05) is 18.2 Å². The lowest BCUT2D eigenvalue weighted by atomic mass is 9.74. The highest BCUT2D eigenvalue weighted by atomic mass is 32.2. The second-order valence-electron chi connectivity index (χ2n) is 8.41. The second-order valence-corrected chi connectivity index (χ2v) is 10.4. The SMILES string of the molecule is CS(=O)(=O)N1CCC2(CCc3cc(-c4cccc5c(N)nccc45)ccc32)CC1. The van der Waals surface area contributed by atoms with Gasteiger partial charge in [0.15, 0.2) is 0 Å². The van der Waals surface area contributed by atoms with Crippen molar-refractivity contribution in [1.82, 2.24) is 9.29 Å². The number of hydrogen-bond acceptors (Lipinski definition) is 4. The lowest BCUT2D eigenvalue weighted by molar-refractivity contribution is 0.233. The minimum absolute atomic E-state index is 0.127. The van der Waals surface area contributed by atoms with Crippen LogP contribution in [0.25, 0.3) is 21.9 Å². The Morgan fingerprint density at radius 1 is 1.03 bits per heavy atom. The molecule has 29 heavy (non-hydrogen) atoms. The van der Waals surface area contributed by atoms with Crippen molar-refractivity contribution in [2.75, 3.05) is 25.1 Å². The molecule has 1 aromatic heterocycles. The highest BCUT2D eigenvalue weighted by Crippen LogP contribution is 2.47. The van der Waals surface area contributed by atoms with E-state index in [9.17, 15) is 8.42 Å². The average molecular weight is 408 g/mol. The summed E-state index contributed by atoms with van der Waals surface area (Å²) >= 11 is 0. The number of aryl methyl sites for hydroxylation is 1. The molecule has 6 heteroatoms. The van der Waals surface area contributed by atoms with Gasteiger partial charge in [0.2, 0.25) is 10.0 Å². The summed E-state index contributed by atoms with van der Waals surface area (Å²) in [5.41, 5.74) is 11.4. The molecule has 1 spiro atoms. The van der Waals surface area contributed by atoms with Crippen LogP contribution < -0.4 is 5.73 Å². The maximum atomic E-state index is 11.9. The fourth-order valence-corrected chi connectivity index (χ4v) is 6.09. The van der Waals surface area contributed by atoms with Gasteiger partial charge >= 0.3 is 0 Å². The van der Waals surface area contributed by atoms with E-state index in [1.165, 1.54) is 28.5 Å². The molecule has 2 N–H and O–H groups in total. The quantitative estimate of drug-likeness (QED) is 0.702. The number of nitrogen functional groups attached to an aromatic ring is 1. The zero-order chi connectivity index (χ0) is 20.2. The number of nitrogens with two attached hydrogens (primary N) is 1. The fourth-order valence-electron chi connectivity index (χ4n) is 5.24. The molecule has 0 saturated carbocycles. The first-order valence-corrected chi connectivity index (χ1v) is 11.9. The van der Waals surface area contributed by atoms with Crippen molar-refractivity contribution in [2.45, 2.75) is 31.1 Å². The minimum atomic E-state index is -3.10. The highest BCUT2D eigenvalue weighted by molar-refractivity contribution is 7.88. The first kappa shape index (κ1) is 18.6. The predicted octanol–water partition coefficient (Wildman–Crippen LogP) is 3.72. The molecule has 150 valence electrons. The third-order valence-corrected chi connectivity index (χ3v) is 8.15. The van der Waals surface area contributed by atoms with Gasteiger partial charge in [-0.15, -0.1) is 0 Å². The summed E-state index contributed by atoms with van der Waals surface area (Å²) in [6.07, 6.45) is 7.05. The van der Waals surface area contributed by atoms with E-state index in [4.69, 9.17) is 5.73 Å². The smallest absolute Gasteiger partial charge is 0.211 e. The van der Waals surface area contributed by atoms with Crippen LogP contribution in [0.3, 0.4) is 0 Å². The largest absolute Gasteiger partial charge is 0.383 e.